The zero-order valence-electron chi connectivity index (χ0n) is 19.8. The highest BCUT2D eigenvalue weighted by Crippen LogP contribution is 2.68. The lowest BCUT2D eigenvalue weighted by atomic mass is 9.44. The number of amides is 1. The largest absolute Gasteiger partial charge is 0.370 e. The fourth-order valence-corrected chi connectivity index (χ4v) is 9.28. The summed E-state index contributed by atoms with van der Waals surface area (Å²) in [6, 6.07) is 0.694. The Morgan fingerprint density at radius 2 is 1.77 bits per heavy atom. The molecule has 1 amide bonds. The van der Waals surface area contributed by atoms with E-state index in [2.05, 4.69) is 26.1 Å². The molecule has 0 spiro atoms. The summed E-state index contributed by atoms with van der Waals surface area (Å²) in [5.74, 6) is 4.95. The third kappa shape index (κ3) is 3.85. The summed E-state index contributed by atoms with van der Waals surface area (Å²) in [6.45, 7) is 9.39. The zero-order chi connectivity index (χ0) is 21.5. The summed E-state index contributed by atoms with van der Waals surface area (Å²) < 4.78 is 0. The number of carbonyl (C=O) groups excluding carboxylic acids is 1. The van der Waals surface area contributed by atoms with Crippen molar-refractivity contribution in [2.75, 3.05) is 13.1 Å². The molecule has 0 aliphatic heterocycles. The minimum atomic E-state index is -0.131. The van der Waals surface area contributed by atoms with E-state index in [9.17, 15) is 4.79 Å². The fourth-order valence-electron chi connectivity index (χ4n) is 9.28. The molecule has 0 aromatic heterocycles. The highest BCUT2D eigenvalue weighted by molar-refractivity contribution is 5.73. The Morgan fingerprint density at radius 1 is 1.03 bits per heavy atom. The molecule has 0 saturated heterocycles. The van der Waals surface area contributed by atoms with E-state index < -0.39 is 0 Å². The first-order valence-corrected chi connectivity index (χ1v) is 13.0. The van der Waals surface area contributed by atoms with Gasteiger partial charge in [-0.1, -0.05) is 20.8 Å². The molecular weight excluding hydrogens is 370 g/mol. The molecule has 0 heterocycles. The summed E-state index contributed by atoms with van der Waals surface area (Å²) >= 11 is 0. The molecule has 4 heteroatoms. The molecule has 5 N–H and O–H groups in total. The molecule has 3 unspecified atom stereocenters. The van der Waals surface area contributed by atoms with Crippen LogP contribution in [-0.4, -0.2) is 25.0 Å². The predicted molar refractivity (Wildman–Crippen MR) is 124 cm³/mol. The molecule has 4 nitrogen and oxygen atoms in total. The van der Waals surface area contributed by atoms with Gasteiger partial charge in [0.05, 0.1) is 0 Å². The van der Waals surface area contributed by atoms with Crippen LogP contribution in [0.5, 0.6) is 0 Å². The van der Waals surface area contributed by atoms with Gasteiger partial charge in [0.2, 0.25) is 5.91 Å². The SMILES string of the molecule is C[C@H](CCC(N)=O)[C@H]1CCC2C3CC[C@H]4C[C@@H](NCCN)CC[C@]4(C)C3CC[C@@]21C. The Kier molecular flexibility index (Phi) is 6.57. The molecule has 4 aliphatic rings. The maximum atomic E-state index is 11.3. The van der Waals surface area contributed by atoms with Crippen LogP contribution in [0.1, 0.15) is 91.4 Å². The van der Waals surface area contributed by atoms with Crippen LogP contribution in [0.15, 0.2) is 0 Å². The number of hydrogen-bond acceptors (Lipinski definition) is 3. The van der Waals surface area contributed by atoms with E-state index in [1.54, 1.807) is 0 Å². The first-order valence-electron chi connectivity index (χ1n) is 13.0. The maximum Gasteiger partial charge on any atom is 0.217 e. The molecular formula is C26H47N3O. The molecule has 30 heavy (non-hydrogen) atoms. The van der Waals surface area contributed by atoms with Gasteiger partial charge in [0, 0.05) is 25.6 Å². The fraction of sp³-hybridized carbons (Fsp3) is 0.962. The van der Waals surface area contributed by atoms with Crippen molar-refractivity contribution in [1.29, 1.82) is 0 Å². The number of nitrogens with two attached hydrogens (primary N) is 2. The van der Waals surface area contributed by atoms with Crippen molar-refractivity contribution >= 4 is 5.91 Å². The van der Waals surface area contributed by atoms with Crippen LogP contribution in [0.25, 0.3) is 0 Å². The Labute approximate surface area is 184 Å². The topological polar surface area (TPSA) is 81.1 Å². The van der Waals surface area contributed by atoms with Gasteiger partial charge in [-0.25, -0.2) is 0 Å². The van der Waals surface area contributed by atoms with E-state index in [1.807, 2.05) is 0 Å². The molecule has 0 radical (unpaired) electrons. The number of fused-ring (bicyclic) bond motifs is 5. The Hall–Kier alpha value is -0.610. The average molecular weight is 418 g/mol. The molecule has 4 rings (SSSR count). The van der Waals surface area contributed by atoms with Crippen molar-refractivity contribution < 1.29 is 4.79 Å². The number of rotatable bonds is 7. The third-order valence-electron chi connectivity index (χ3n) is 10.8. The number of primary amides is 1. The van der Waals surface area contributed by atoms with E-state index in [0.29, 0.717) is 29.2 Å². The number of carbonyl (C=O) groups is 1. The van der Waals surface area contributed by atoms with E-state index in [1.165, 1.54) is 57.8 Å². The molecule has 0 aromatic carbocycles. The van der Waals surface area contributed by atoms with E-state index in [0.717, 1.165) is 49.1 Å². The van der Waals surface area contributed by atoms with Crippen molar-refractivity contribution in [3.05, 3.63) is 0 Å². The van der Waals surface area contributed by atoms with Crippen LogP contribution in [0.4, 0.5) is 0 Å². The van der Waals surface area contributed by atoms with Crippen LogP contribution in [0.3, 0.4) is 0 Å². The van der Waals surface area contributed by atoms with Gasteiger partial charge in [-0.3, -0.25) is 4.79 Å². The Morgan fingerprint density at radius 3 is 2.50 bits per heavy atom. The second-order valence-electron chi connectivity index (χ2n) is 12.1. The summed E-state index contributed by atoms with van der Waals surface area (Å²) in [5.41, 5.74) is 12.2. The summed E-state index contributed by atoms with van der Waals surface area (Å²) in [7, 11) is 0. The van der Waals surface area contributed by atoms with Gasteiger partial charge in [0.25, 0.3) is 0 Å². The van der Waals surface area contributed by atoms with Gasteiger partial charge in [-0.2, -0.15) is 0 Å². The Bertz CT molecular complexity index is 623. The molecule has 172 valence electrons. The first-order chi connectivity index (χ1) is 14.3. The normalized spacial score (nSPS) is 46.5. The van der Waals surface area contributed by atoms with Crippen LogP contribution >= 0.6 is 0 Å². The second kappa shape index (κ2) is 8.73. The second-order valence-corrected chi connectivity index (χ2v) is 12.1. The van der Waals surface area contributed by atoms with Crippen LogP contribution < -0.4 is 16.8 Å². The standard InChI is InChI=1S/C26H47N3O/c1-17(4-9-24(28)30)21-7-8-22-20-6-5-18-16-19(29-15-14-27)10-12-25(18,2)23(20)11-13-26(21,22)3/h17-23,29H,4-16,27H2,1-3H3,(H2,28,30)/t17-,18+,19+,20?,21-,22?,23?,25+,26-/m1/s1. The van der Waals surface area contributed by atoms with Crippen LogP contribution in [-0.2, 0) is 4.79 Å². The summed E-state index contributed by atoms with van der Waals surface area (Å²) in [6.07, 6.45) is 14.2. The molecule has 4 aliphatic carbocycles. The van der Waals surface area contributed by atoms with Gasteiger partial charge in [0.1, 0.15) is 0 Å². The minimum Gasteiger partial charge on any atom is -0.370 e. The predicted octanol–water partition coefficient (Wildman–Crippen LogP) is 4.46. The molecule has 4 fully saturated rings. The van der Waals surface area contributed by atoms with Crippen molar-refractivity contribution in [2.45, 2.75) is 97.4 Å². The Balaban J connectivity index is 1.45. The van der Waals surface area contributed by atoms with Gasteiger partial charge < -0.3 is 16.8 Å². The van der Waals surface area contributed by atoms with Crippen molar-refractivity contribution in [1.82, 2.24) is 5.32 Å². The minimum absolute atomic E-state index is 0.131. The van der Waals surface area contributed by atoms with Crippen molar-refractivity contribution in [3.63, 3.8) is 0 Å². The lowest BCUT2D eigenvalue weighted by Crippen LogP contribution is -2.55. The lowest BCUT2D eigenvalue weighted by Gasteiger charge is -2.61. The quantitative estimate of drug-likeness (QED) is 0.572. The lowest BCUT2D eigenvalue weighted by molar-refractivity contribution is -0.120. The smallest absolute Gasteiger partial charge is 0.217 e. The van der Waals surface area contributed by atoms with Crippen LogP contribution in [0.2, 0.25) is 0 Å². The van der Waals surface area contributed by atoms with Crippen LogP contribution in [0, 0.1) is 46.3 Å². The molecule has 0 aromatic rings. The third-order valence-corrected chi connectivity index (χ3v) is 10.8. The van der Waals surface area contributed by atoms with Gasteiger partial charge in [-0.05, 0) is 111 Å². The van der Waals surface area contributed by atoms with Gasteiger partial charge in [-0.15, -0.1) is 0 Å². The first kappa shape index (κ1) is 22.6. The zero-order valence-corrected chi connectivity index (χ0v) is 19.8. The maximum absolute atomic E-state index is 11.3. The highest BCUT2D eigenvalue weighted by Gasteiger charge is 2.60. The van der Waals surface area contributed by atoms with Gasteiger partial charge in [0.15, 0.2) is 0 Å². The van der Waals surface area contributed by atoms with Gasteiger partial charge >= 0.3 is 0 Å². The van der Waals surface area contributed by atoms with E-state index >= 15 is 0 Å². The molecule has 0 bridgehead atoms. The highest BCUT2D eigenvalue weighted by atomic mass is 16.1. The number of hydrogen-bond donors (Lipinski definition) is 3. The van der Waals surface area contributed by atoms with E-state index in [-0.39, 0.29) is 5.91 Å². The van der Waals surface area contributed by atoms with E-state index in [4.69, 9.17) is 11.5 Å². The number of nitrogens with one attached hydrogen (secondary N) is 1. The average Bonchev–Trinajstić information content (AvgIpc) is 3.07. The van der Waals surface area contributed by atoms with Crippen molar-refractivity contribution in [3.8, 4) is 0 Å². The summed E-state index contributed by atoms with van der Waals surface area (Å²) in [5, 5.41) is 3.72. The molecule has 4 saturated carbocycles. The molecule has 9 atom stereocenters. The summed E-state index contributed by atoms with van der Waals surface area (Å²) in [4.78, 5) is 11.3. The van der Waals surface area contributed by atoms with Crippen molar-refractivity contribution in [2.24, 2.45) is 57.8 Å². The monoisotopic (exact) mass is 417 g/mol.